The van der Waals surface area contributed by atoms with E-state index in [1.807, 2.05) is 11.6 Å². The number of hydrogen-bond acceptors (Lipinski definition) is 7. The van der Waals surface area contributed by atoms with Crippen LogP contribution in [-0.2, 0) is 16.1 Å². The highest BCUT2D eigenvalue weighted by Gasteiger charge is 2.39. The number of anilines is 2. The average Bonchev–Trinajstić information content (AvgIpc) is 3.41. The predicted octanol–water partition coefficient (Wildman–Crippen LogP) is 2.21. The number of carbonyl (C=O) groups excluding carboxylic acids is 1. The lowest BCUT2D eigenvalue weighted by Crippen LogP contribution is -2.16. The van der Waals surface area contributed by atoms with Gasteiger partial charge in [0.25, 0.3) is 0 Å². The van der Waals surface area contributed by atoms with E-state index < -0.39 is 0 Å². The summed E-state index contributed by atoms with van der Waals surface area (Å²) in [7, 11) is 3.44. The number of pyridine rings is 1. The van der Waals surface area contributed by atoms with E-state index in [4.69, 9.17) is 4.74 Å². The normalized spacial score (nSPS) is 17.2. The molecule has 0 aromatic carbocycles. The summed E-state index contributed by atoms with van der Waals surface area (Å²) in [5.41, 5.74) is 3.10. The standard InChI is InChI=1S/C22H25N7O2/c1-13-9-17(13)22(30)26-19-10-18-16(11-24-21(23-3)20(18)28-27-19)6-5-15-12-25-29(14(15)2)7-8-31-4/h10-13,17H,7-9H2,1-4H3,(H,23,24)(H,26,27,30)/t13-,17+/m1/s1. The number of rotatable bonds is 6. The zero-order valence-electron chi connectivity index (χ0n) is 18.1. The smallest absolute Gasteiger partial charge is 0.228 e. The molecule has 0 spiro atoms. The maximum absolute atomic E-state index is 12.3. The number of carbonyl (C=O) groups is 1. The van der Waals surface area contributed by atoms with Crippen LogP contribution < -0.4 is 10.6 Å². The monoisotopic (exact) mass is 419 g/mol. The molecule has 160 valence electrons. The molecule has 9 nitrogen and oxygen atoms in total. The van der Waals surface area contributed by atoms with Crippen molar-refractivity contribution in [1.82, 2.24) is 25.0 Å². The van der Waals surface area contributed by atoms with Gasteiger partial charge in [0.1, 0.15) is 5.52 Å². The Morgan fingerprint density at radius 3 is 2.77 bits per heavy atom. The summed E-state index contributed by atoms with van der Waals surface area (Å²) < 4.78 is 6.99. The molecule has 0 saturated heterocycles. The maximum atomic E-state index is 12.3. The second kappa shape index (κ2) is 8.70. The van der Waals surface area contributed by atoms with Gasteiger partial charge in [0.15, 0.2) is 11.6 Å². The van der Waals surface area contributed by atoms with Crippen LogP contribution in [0.5, 0.6) is 0 Å². The molecule has 3 aromatic rings. The molecule has 2 N–H and O–H groups in total. The van der Waals surface area contributed by atoms with E-state index in [2.05, 4.69) is 49.7 Å². The molecule has 31 heavy (non-hydrogen) atoms. The van der Waals surface area contributed by atoms with Gasteiger partial charge in [0.05, 0.1) is 36.2 Å². The van der Waals surface area contributed by atoms with Crippen LogP contribution in [0.1, 0.15) is 30.2 Å². The van der Waals surface area contributed by atoms with Crippen LogP contribution in [0.15, 0.2) is 18.5 Å². The Kier molecular flexibility index (Phi) is 5.82. The lowest BCUT2D eigenvalue weighted by Gasteiger charge is -2.08. The number of aromatic nitrogens is 5. The Morgan fingerprint density at radius 1 is 1.29 bits per heavy atom. The Morgan fingerprint density at radius 2 is 2.06 bits per heavy atom. The third kappa shape index (κ3) is 4.34. The van der Waals surface area contributed by atoms with Gasteiger partial charge in [-0.1, -0.05) is 18.8 Å². The van der Waals surface area contributed by atoms with Gasteiger partial charge in [-0.05, 0) is 25.3 Å². The maximum Gasteiger partial charge on any atom is 0.228 e. The fourth-order valence-corrected chi connectivity index (χ4v) is 3.39. The zero-order chi connectivity index (χ0) is 22.0. The van der Waals surface area contributed by atoms with E-state index in [-0.39, 0.29) is 11.8 Å². The van der Waals surface area contributed by atoms with Crippen LogP contribution >= 0.6 is 0 Å². The summed E-state index contributed by atoms with van der Waals surface area (Å²) in [6.45, 7) is 5.30. The summed E-state index contributed by atoms with van der Waals surface area (Å²) in [5.74, 6) is 7.84. The quantitative estimate of drug-likeness (QED) is 0.590. The van der Waals surface area contributed by atoms with E-state index in [9.17, 15) is 4.79 Å². The van der Waals surface area contributed by atoms with E-state index >= 15 is 0 Å². The molecule has 0 aliphatic heterocycles. The highest BCUT2D eigenvalue weighted by Crippen LogP contribution is 2.38. The SMILES string of the molecule is CNc1ncc(C#Cc2cnn(CCOC)c2C)c2cc(NC(=O)[C@H]3C[C@H]3C)nnc12. The molecule has 1 saturated carbocycles. The topological polar surface area (TPSA) is 107 Å². The predicted molar refractivity (Wildman–Crippen MR) is 118 cm³/mol. The summed E-state index contributed by atoms with van der Waals surface area (Å²) in [5, 5.41) is 19.5. The van der Waals surface area contributed by atoms with Crippen molar-refractivity contribution in [2.75, 3.05) is 31.4 Å². The molecule has 4 rings (SSSR count). The van der Waals surface area contributed by atoms with E-state index in [0.717, 1.165) is 23.1 Å². The number of hydrogen-bond donors (Lipinski definition) is 2. The number of fused-ring (bicyclic) bond motifs is 1. The largest absolute Gasteiger partial charge is 0.383 e. The summed E-state index contributed by atoms with van der Waals surface area (Å²) in [6, 6.07) is 1.80. The van der Waals surface area contributed by atoms with E-state index in [1.54, 1.807) is 32.6 Å². The van der Waals surface area contributed by atoms with Gasteiger partial charge in [-0.2, -0.15) is 5.10 Å². The highest BCUT2D eigenvalue weighted by molar-refractivity contribution is 5.97. The first-order chi connectivity index (χ1) is 15.0. The lowest BCUT2D eigenvalue weighted by molar-refractivity contribution is -0.117. The van der Waals surface area contributed by atoms with Gasteiger partial charge < -0.3 is 15.4 Å². The molecule has 1 amide bonds. The van der Waals surface area contributed by atoms with Gasteiger partial charge in [-0.25, -0.2) is 4.98 Å². The molecule has 1 aliphatic rings. The Hall–Kier alpha value is -3.51. The molecule has 0 radical (unpaired) electrons. The van der Waals surface area contributed by atoms with Crippen molar-refractivity contribution < 1.29 is 9.53 Å². The van der Waals surface area contributed by atoms with Crippen LogP contribution in [0.3, 0.4) is 0 Å². The molecule has 2 atom stereocenters. The average molecular weight is 419 g/mol. The number of nitrogens with one attached hydrogen (secondary N) is 2. The van der Waals surface area contributed by atoms with Crippen molar-refractivity contribution in [3.63, 3.8) is 0 Å². The lowest BCUT2D eigenvalue weighted by atomic mass is 10.1. The minimum absolute atomic E-state index is 0.0178. The fraction of sp³-hybridized carbons (Fsp3) is 0.409. The van der Waals surface area contributed by atoms with Crippen LogP contribution in [-0.4, -0.2) is 51.6 Å². The molecule has 1 aliphatic carbocycles. The molecule has 9 heteroatoms. The van der Waals surface area contributed by atoms with Crippen LogP contribution in [0, 0.1) is 30.6 Å². The summed E-state index contributed by atoms with van der Waals surface area (Å²) in [4.78, 5) is 16.7. The van der Waals surface area contributed by atoms with Gasteiger partial charge >= 0.3 is 0 Å². The molecular weight excluding hydrogens is 394 g/mol. The van der Waals surface area contributed by atoms with Crippen molar-refractivity contribution >= 4 is 28.4 Å². The van der Waals surface area contributed by atoms with Crippen LogP contribution in [0.25, 0.3) is 10.9 Å². The molecule has 0 bridgehead atoms. The first-order valence-electron chi connectivity index (χ1n) is 10.2. The van der Waals surface area contributed by atoms with Crippen molar-refractivity contribution in [2.45, 2.75) is 26.8 Å². The minimum atomic E-state index is -0.0178. The van der Waals surface area contributed by atoms with Crippen molar-refractivity contribution in [3.05, 3.63) is 35.3 Å². The van der Waals surface area contributed by atoms with E-state index in [0.29, 0.717) is 41.8 Å². The van der Waals surface area contributed by atoms with E-state index in [1.165, 1.54) is 0 Å². The molecular formula is C22H25N7O2. The number of amides is 1. The van der Waals surface area contributed by atoms with Gasteiger partial charge in [-0.15, -0.1) is 10.2 Å². The first kappa shape index (κ1) is 20.8. The van der Waals surface area contributed by atoms with Crippen molar-refractivity contribution in [3.8, 4) is 11.8 Å². The summed E-state index contributed by atoms with van der Waals surface area (Å²) in [6.07, 6.45) is 4.36. The van der Waals surface area contributed by atoms with Crippen molar-refractivity contribution in [2.24, 2.45) is 11.8 Å². The number of methoxy groups -OCH3 is 1. The fourth-order valence-electron chi connectivity index (χ4n) is 3.39. The third-order valence-corrected chi connectivity index (χ3v) is 5.51. The summed E-state index contributed by atoms with van der Waals surface area (Å²) >= 11 is 0. The van der Waals surface area contributed by atoms with Gasteiger partial charge in [0.2, 0.25) is 5.91 Å². The Bertz CT molecular complexity index is 1190. The number of nitrogens with zero attached hydrogens (tertiary/aromatic N) is 5. The second-order valence-electron chi connectivity index (χ2n) is 7.68. The molecule has 0 unspecified atom stereocenters. The van der Waals surface area contributed by atoms with Crippen LogP contribution in [0.2, 0.25) is 0 Å². The number of ether oxygens (including phenoxy) is 1. The Labute approximate surface area is 180 Å². The highest BCUT2D eigenvalue weighted by atomic mass is 16.5. The second-order valence-corrected chi connectivity index (χ2v) is 7.68. The molecule has 3 heterocycles. The zero-order valence-corrected chi connectivity index (χ0v) is 18.1. The van der Waals surface area contributed by atoms with Crippen LogP contribution in [0.4, 0.5) is 11.6 Å². The van der Waals surface area contributed by atoms with Gasteiger partial charge in [0, 0.05) is 31.7 Å². The third-order valence-electron chi connectivity index (χ3n) is 5.51. The van der Waals surface area contributed by atoms with Gasteiger partial charge in [-0.3, -0.25) is 9.48 Å². The molecule has 1 fully saturated rings. The molecule has 3 aromatic heterocycles. The first-order valence-corrected chi connectivity index (χ1v) is 10.2. The Balaban J connectivity index is 1.67. The minimum Gasteiger partial charge on any atom is -0.383 e. The van der Waals surface area contributed by atoms with Crippen molar-refractivity contribution in [1.29, 1.82) is 0 Å².